The number of carboxylic acid groups (broad SMARTS) is 1. The summed E-state index contributed by atoms with van der Waals surface area (Å²) in [5.41, 5.74) is 0. The van der Waals surface area contributed by atoms with Gasteiger partial charge in [0.25, 0.3) is 0 Å². The highest BCUT2D eigenvalue weighted by Crippen LogP contribution is 2.37. The van der Waals surface area contributed by atoms with Crippen LogP contribution in [-0.4, -0.2) is 48.1 Å². The number of hydrogen-bond donors (Lipinski definition) is 2. The molecule has 108 valence electrons. The first-order valence-electron chi connectivity index (χ1n) is 7.29. The maximum Gasteiger partial charge on any atom is 0.317 e. The van der Waals surface area contributed by atoms with E-state index in [1.165, 1.54) is 12.8 Å². The van der Waals surface area contributed by atoms with Crippen molar-refractivity contribution in [2.45, 2.75) is 32.6 Å². The molecule has 2 fully saturated rings. The van der Waals surface area contributed by atoms with E-state index >= 15 is 0 Å². The molecule has 2 rings (SSSR count). The number of nitrogens with zero attached hydrogens (tertiary/aromatic N) is 1. The van der Waals surface area contributed by atoms with Crippen LogP contribution in [0.3, 0.4) is 0 Å². The maximum absolute atomic E-state index is 12.3. The molecular formula is C14H24N2O3. The van der Waals surface area contributed by atoms with Crippen LogP contribution in [-0.2, 0) is 9.59 Å². The molecule has 1 amide bonds. The van der Waals surface area contributed by atoms with Crippen LogP contribution >= 0.6 is 0 Å². The van der Waals surface area contributed by atoms with Crippen LogP contribution in [0.1, 0.15) is 32.6 Å². The zero-order chi connectivity index (χ0) is 13.8. The second kappa shape index (κ2) is 6.37. The van der Waals surface area contributed by atoms with Gasteiger partial charge in [-0.1, -0.05) is 6.92 Å². The lowest BCUT2D eigenvalue weighted by molar-refractivity contribution is -0.138. The van der Waals surface area contributed by atoms with Crippen LogP contribution in [0.15, 0.2) is 0 Å². The van der Waals surface area contributed by atoms with Gasteiger partial charge in [0, 0.05) is 25.6 Å². The number of amides is 1. The molecule has 0 aromatic heterocycles. The Morgan fingerprint density at radius 3 is 2.74 bits per heavy atom. The first-order chi connectivity index (χ1) is 9.08. The SMILES string of the molecule is CC(C(=O)N1CCCC(CNCC(=O)O)C1)C1CC1. The predicted octanol–water partition coefficient (Wildman–Crippen LogP) is 0.945. The number of aliphatic carboxylic acids is 1. The first-order valence-corrected chi connectivity index (χ1v) is 7.29. The van der Waals surface area contributed by atoms with Gasteiger partial charge < -0.3 is 15.3 Å². The van der Waals surface area contributed by atoms with Crippen LogP contribution in [0.4, 0.5) is 0 Å². The van der Waals surface area contributed by atoms with E-state index in [2.05, 4.69) is 5.32 Å². The van der Waals surface area contributed by atoms with Gasteiger partial charge in [0.1, 0.15) is 0 Å². The van der Waals surface area contributed by atoms with Crippen LogP contribution in [0.5, 0.6) is 0 Å². The first kappa shape index (κ1) is 14.3. The zero-order valence-electron chi connectivity index (χ0n) is 11.6. The summed E-state index contributed by atoms with van der Waals surface area (Å²) in [6, 6.07) is 0. The lowest BCUT2D eigenvalue weighted by Gasteiger charge is -2.34. The summed E-state index contributed by atoms with van der Waals surface area (Å²) < 4.78 is 0. The van der Waals surface area contributed by atoms with E-state index in [4.69, 9.17) is 5.11 Å². The van der Waals surface area contributed by atoms with Crippen LogP contribution in [0.25, 0.3) is 0 Å². The highest BCUT2D eigenvalue weighted by Gasteiger charge is 2.36. The third-order valence-electron chi connectivity index (χ3n) is 4.26. The normalized spacial score (nSPS) is 25.1. The van der Waals surface area contributed by atoms with E-state index < -0.39 is 5.97 Å². The summed E-state index contributed by atoms with van der Waals surface area (Å²) in [6.45, 7) is 4.39. The van der Waals surface area contributed by atoms with E-state index in [0.29, 0.717) is 24.3 Å². The lowest BCUT2D eigenvalue weighted by Crippen LogP contribution is -2.45. The molecule has 0 aromatic rings. The van der Waals surface area contributed by atoms with Gasteiger partial charge in [-0.05, 0) is 37.5 Å². The van der Waals surface area contributed by atoms with Crippen molar-refractivity contribution in [3.63, 3.8) is 0 Å². The molecule has 19 heavy (non-hydrogen) atoms. The lowest BCUT2D eigenvalue weighted by atomic mass is 9.95. The molecule has 1 aliphatic carbocycles. The minimum absolute atomic E-state index is 0.00290. The fourth-order valence-electron chi connectivity index (χ4n) is 2.90. The van der Waals surface area contributed by atoms with Gasteiger partial charge >= 0.3 is 5.97 Å². The topological polar surface area (TPSA) is 69.6 Å². The molecule has 1 saturated carbocycles. The largest absolute Gasteiger partial charge is 0.480 e. The summed E-state index contributed by atoms with van der Waals surface area (Å²) in [6.07, 6.45) is 4.51. The molecule has 5 heteroatoms. The highest BCUT2D eigenvalue weighted by molar-refractivity contribution is 5.79. The van der Waals surface area contributed by atoms with Crippen molar-refractivity contribution >= 4 is 11.9 Å². The fraction of sp³-hybridized carbons (Fsp3) is 0.857. The van der Waals surface area contributed by atoms with E-state index in [1.54, 1.807) is 0 Å². The Hall–Kier alpha value is -1.10. The Balaban J connectivity index is 1.76. The molecule has 2 unspecified atom stereocenters. The molecule has 0 spiro atoms. The summed E-state index contributed by atoms with van der Waals surface area (Å²) in [7, 11) is 0. The second-order valence-corrected chi connectivity index (χ2v) is 5.94. The molecule has 0 radical (unpaired) electrons. The molecule has 0 aromatic carbocycles. The van der Waals surface area contributed by atoms with Gasteiger partial charge in [-0.2, -0.15) is 0 Å². The molecular weight excluding hydrogens is 244 g/mol. The number of carbonyl (C=O) groups excluding carboxylic acids is 1. The standard InChI is InChI=1S/C14H24N2O3/c1-10(12-4-5-12)14(19)16-6-2-3-11(9-16)7-15-8-13(17)18/h10-12,15H,2-9H2,1H3,(H,17,18). The molecule has 0 bridgehead atoms. The molecule has 5 nitrogen and oxygen atoms in total. The zero-order valence-corrected chi connectivity index (χ0v) is 11.6. The van der Waals surface area contributed by atoms with Crippen LogP contribution in [0, 0.1) is 17.8 Å². The van der Waals surface area contributed by atoms with Gasteiger partial charge in [-0.25, -0.2) is 0 Å². The Morgan fingerprint density at radius 2 is 2.11 bits per heavy atom. The van der Waals surface area contributed by atoms with Gasteiger partial charge in [0.15, 0.2) is 0 Å². The number of rotatable bonds is 6. The third kappa shape index (κ3) is 4.20. The van der Waals surface area contributed by atoms with Crippen LogP contribution < -0.4 is 5.32 Å². The van der Waals surface area contributed by atoms with E-state index in [-0.39, 0.29) is 12.5 Å². The molecule has 1 saturated heterocycles. The van der Waals surface area contributed by atoms with Crippen LogP contribution in [0.2, 0.25) is 0 Å². The fourth-order valence-corrected chi connectivity index (χ4v) is 2.90. The summed E-state index contributed by atoms with van der Waals surface area (Å²) in [5.74, 6) is 0.642. The van der Waals surface area contributed by atoms with Gasteiger partial charge in [0.05, 0.1) is 6.54 Å². The molecule has 1 aliphatic heterocycles. The maximum atomic E-state index is 12.3. The summed E-state index contributed by atoms with van der Waals surface area (Å²) in [5, 5.41) is 11.5. The Morgan fingerprint density at radius 1 is 1.37 bits per heavy atom. The minimum atomic E-state index is -0.828. The number of carboxylic acids is 1. The second-order valence-electron chi connectivity index (χ2n) is 5.94. The minimum Gasteiger partial charge on any atom is -0.480 e. The number of likely N-dealkylation sites (tertiary alicyclic amines) is 1. The van der Waals surface area contributed by atoms with Crippen molar-refractivity contribution in [3.8, 4) is 0 Å². The van der Waals surface area contributed by atoms with Gasteiger partial charge in [0.2, 0.25) is 5.91 Å². The van der Waals surface area contributed by atoms with Crippen molar-refractivity contribution in [1.82, 2.24) is 10.2 Å². The number of nitrogens with one attached hydrogen (secondary N) is 1. The van der Waals surface area contributed by atoms with Crippen molar-refractivity contribution in [1.29, 1.82) is 0 Å². The van der Waals surface area contributed by atoms with Crippen molar-refractivity contribution in [2.75, 3.05) is 26.2 Å². The van der Waals surface area contributed by atoms with Gasteiger partial charge in [-0.3, -0.25) is 9.59 Å². The number of hydrogen-bond acceptors (Lipinski definition) is 3. The van der Waals surface area contributed by atoms with Crippen molar-refractivity contribution < 1.29 is 14.7 Å². The Bertz CT molecular complexity index is 342. The van der Waals surface area contributed by atoms with E-state index in [9.17, 15) is 9.59 Å². The average Bonchev–Trinajstić information content (AvgIpc) is 3.21. The third-order valence-corrected chi connectivity index (χ3v) is 4.26. The molecule has 2 atom stereocenters. The number of carbonyl (C=O) groups is 2. The summed E-state index contributed by atoms with van der Waals surface area (Å²) in [4.78, 5) is 24.8. The molecule has 2 N–H and O–H groups in total. The highest BCUT2D eigenvalue weighted by atomic mass is 16.4. The van der Waals surface area contributed by atoms with E-state index in [1.807, 2.05) is 11.8 Å². The van der Waals surface area contributed by atoms with Crippen molar-refractivity contribution in [3.05, 3.63) is 0 Å². The van der Waals surface area contributed by atoms with Crippen molar-refractivity contribution in [2.24, 2.45) is 17.8 Å². The monoisotopic (exact) mass is 268 g/mol. The predicted molar refractivity (Wildman–Crippen MR) is 71.7 cm³/mol. The number of piperidine rings is 1. The Kier molecular flexibility index (Phi) is 4.80. The average molecular weight is 268 g/mol. The quantitative estimate of drug-likeness (QED) is 0.752. The van der Waals surface area contributed by atoms with E-state index in [0.717, 1.165) is 25.9 Å². The van der Waals surface area contributed by atoms with Gasteiger partial charge in [-0.15, -0.1) is 0 Å². The summed E-state index contributed by atoms with van der Waals surface area (Å²) >= 11 is 0. The smallest absolute Gasteiger partial charge is 0.317 e. The molecule has 2 aliphatic rings. The Labute approximate surface area is 114 Å². The molecule has 1 heterocycles.